The van der Waals surface area contributed by atoms with Gasteiger partial charge in [-0.05, 0) is 43.2 Å². The van der Waals surface area contributed by atoms with Gasteiger partial charge in [0.15, 0.2) is 5.75 Å². The molecule has 0 aliphatic heterocycles. The summed E-state index contributed by atoms with van der Waals surface area (Å²) in [5, 5.41) is 4.46. The van der Waals surface area contributed by atoms with Gasteiger partial charge < -0.3 is 10.1 Å². The van der Waals surface area contributed by atoms with Crippen molar-refractivity contribution in [2.75, 3.05) is 11.9 Å². The smallest absolute Gasteiger partial charge is 0.156 e. The number of hydrogen-bond donors (Lipinski definition) is 1. The molecule has 0 saturated heterocycles. The second-order valence-electron chi connectivity index (χ2n) is 4.49. The fourth-order valence-electron chi connectivity index (χ4n) is 1.97. The Labute approximate surface area is 129 Å². The van der Waals surface area contributed by atoms with Crippen LogP contribution in [0.2, 0.25) is 10.0 Å². The van der Waals surface area contributed by atoms with Crippen LogP contribution in [0.4, 0.5) is 5.69 Å². The molecule has 0 saturated carbocycles. The van der Waals surface area contributed by atoms with E-state index in [2.05, 4.69) is 18.3 Å². The monoisotopic (exact) mass is 309 g/mol. The molecule has 106 valence electrons. The van der Waals surface area contributed by atoms with Crippen molar-refractivity contribution < 1.29 is 4.74 Å². The maximum absolute atomic E-state index is 6.19. The predicted molar refractivity (Wildman–Crippen MR) is 86.1 cm³/mol. The molecule has 20 heavy (non-hydrogen) atoms. The highest BCUT2D eigenvalue weighted by Gasteiger charge is 2.09. The molecule has 2 aromatic carbocycles. The van der Waals surface area contributed by atoms with Gasteiger partial charge in [0, 0.05) is 12.2 Å². The number of halogens is 2. The highest BCUT2D eigenvalue weighted by atomic mass is 35.5. The molecule has 0 radical (unpaired) electrons. The quantitative estimate of drug-likeness (QED) is 0.807. The Morgan fingerprint density at radius 3 is 2.35 bits per heavy atom. The zero-order valence-corrected chi connectivity index (χ0v) is 13.1. The van der Waals surface area contributed by atoms with Gasteiger partial charge in [-0.3, -0.25) is 0 Å². The lowest BCUT2D eigenvalue weighted by atomic mass is 10.1. The normalized spacial score (nSPS) is 10.4. The van der Waals surface area contributed by atoms with Crippen LogP contribution in [0.1, 0.15) is 18.1 Å². The third kappa shape index (κ3) is 3.59. The van der Waals surface area contributed by atoms with Crippen LogP contribution in [0.3, 0.4) is 0 Å². The van der Waals surface area contributed by atoms with Crippen molar-refractivity contribution in [3.05, 3.63) is 57.6 Å². The molecule has 0 heterocycles. The minimum absolute atomic E-state index is 0.542. The van der Waals surface area contributed by atoms with Crippen LogP contribution in [0, 0.1) is 6.92 Å². The molecule has 0 amide bonds. The first-order valence-corrected chi connectivity index (χ1v) is 7.27. The molecular formula is C16H17Cl2NO. The SMILES string of the molecule is CCOc1c(Cl)cc(CNc2ccccc2C)cc1Cl. The molecule has 0 atom stereocenters. The summed E-state index contributed by atoms with van der Waals surface area (Å²) >= 11 is 12.4. The van der Waals surface area contributed by atoms with Gasteiger partial charge in [0.2, 0.25) is 0 Å². The van der Waals surface area contributed by atoms with Crippen LogP contribution in [-0.2, 0) is 6.54 Å². The second kappa shape index (κ2) is 6.87. The molecule has 2 aromatic rings. The van der Waals surface area contributed by atoms with Crippen LogP contribution >= 0.6 is 23.2 Å². The number of para-hydroxylation sites is 1. The zero-order valence-electron chi connectivity index (χ0n) is 11.5. The van der Waals surface area contributed by atoms with Crippen LogP contribution in [0.25, 0.3) is 0 Å². The summed E-state index contributed by atoms with van der Waals surface area (Å²) in [7, 11) is 0. The number of aryl methyl sites for hydroxylation is 1. The third-order valence-electron chi connectivity index (χ3n) is 2.97. The van der Waals surface area contributed by atoms with Crippen molar-refractivity contribution in [1.82, 2.24) is 0 Å². The Bertz CT molecular complexity index is 576. The predicted octanol–water partition coefficient (Wildman–Crippen LogP) is 5.31. The van der Waals surface area contributed by atoms with Crippen LogP contribution < -0.4 is 10.1 Å². The zero-order chi connectivity index (χ0) is 14.5. The molecule has 2 nitrogen and oxygen atoms in total. The van der Waals surface area contributed by atoms with Crippen molar-refractivity contribution in [3.63, 3.8) is 0 Å². The van der Waals surface area contributed by atoms with Crippen LogP contribution in [-0.4, -0.2) is 6.61 Å². The first kappa shape index (κ1) is 15.0. The lowest BCUT2D eigenvalue weighted by Gasteiger charge is -2.12. The average molecular weight is 310 g/mol. The van der Waals surface area contributed by atoms with Gasteiger partial charge in [-0.2, -0.15) is 0 Å². The Kier molecular flexibility index (Phi) is 5.16. The first-order valence-electron chi connectivity index (χ1n) is 6.52. The summed E-state index contributed by atoms with van der Waals surface area (Å²) in [5.41, 5.74) is 3.33. The topological polar surface area (TPSA) is 21.3 Å². The van der Waals surface area contributed by atoms with Crippen molar-refractivity contribution in [3.8, 4) is 5.75 Å². The molecule has 0 unspecified atom stereocenters. The number of rotatable bonds is 5. The molecule has 0 aliphatic rings. The molecule has 2 rings (SSSR count). The molecule has 0 fully saturated rings. The van der Waals surface area contributed by atoms with E-state index in [1.807, 2.05) is 37.3 Å². The summed E-state index contributed by atoms with van der Waals surface area (Å²) in [5.74, 6) is 0.551. The molecule has 0 aromatic heterocycles. The third-order valence-corrected chi connectivity index (χ3v) is 3.54. The number of ether oxygens (including phenoxy) is 1. The van der Waals surface area contributed by atoms with Crippen molar-refractivity contribution in [2.45, 2.75) is 20.4 Å². The maximum Gasteiger partial charge on any atom is 0.156 e. The van der Waals surface area contributed by atoms with E-state index < -0.39 is 0 Å². The Morgan fingerprint density at radius 2 is 1.75 bits per heavy atom. The van der Waals surface area contributed by atoms with Crippen molar-refractivity contribution >= 4 is 28.9 Å². The molecule has 4 heteroatoms. The highest BCUT2D eigenvalue weighted by Crippen LogP contribution is 2.34. The number of nitrogens with one attached hydrogen (secondary N) is 1. The highest BCUT2D eigenvalue weighted by molar-refractivity contribution is 6.37. The van der Waals surface area contributed by atoms with E-state index in [0.29, 0.717) is 28.9 Å². The van der Waals surface area contributed by atoms with Crippen molar-refractivity contribution in [2.24, 2.45) is 0 Å². The summed E-state index contributed by atoms with van der Waals surface area (Å²) in [6.45, 7) is 5.18. The second-order valence-corrected chi connectivity index (χ2v) is 5.30. The van der Waals surface area contributed by atoms with E-state index in [-0.39, 0.29) is 0 Å². The van der Waals surface area contributed by atoms with E-state index in [1.165, 1.54) is 5.56 Å². The van der Waals surface area contributed by atoms with E-state index in [4.69, 9.17) is 27.9 Å². The lowest BCUT2D eigenvalue weighted by molar-refractivity contribution is 0.340. The van der Waals surface area contributed by atoms with Crippen LogP contribution in [0.5, 0.6) is 5.75 Å². The van der Waals surface area contributed by atoms with Gasteiger partial charge in [-0.15, -0.1) is 0 Å². The van der Waals surface area contributed by atoms with Gasteiger partial charge in [0.25, 0.3) is 0 Å². The van der Waals surface area contributed by atoms with Gasteiger partial charge in [-0.25, -0.2) is 0 Å². The Balaban J connectivity index is 2.13. The fraction of sp³-hybridized carbons (Fsp3) is 0.250. The maximum atomic E-state index is 6.19. The Morgan fingerprint density at radius 1 is 1.10 bits per heavy atom. The first-order chi connectivity index (χ1) is 9.61. The minimum Gasteiger partial charge on any atom is -0.491 e. The number of benzene rings is 2. The fourth-order valence-corrected chi connectivity index (χ4v) is 2.61. The lowest BCUT2D eigenvalue weighted by Crippen LogP contribution is -2.02. The number of anilines is 1. The van der Waals surface area contributed by atoms with E-state index in [0.717, 1.165) is 11.3 Å². The minimum atomic E-state index is 0.542. The molecular weight excluding hydrogens is 293 g/mol. The summed E-state index contributed by atoms with van der Waals surface area (Å²) < 4.78 is 5.42. The van der Waals surface area contributed by atoms with E-state index in [1.54, 1.807) is 0 Å². The van der Waals surface area contributed by atoms with Crippen molar-refractivity contribution in [1.29, 1.82) is 0 Å². The molecule has 0 spiro atoms. The summed E-state index contributed by atoms with van der Waals surface area (Å²) in [4.78, 5) is 0. The van der Waals surface area contributed by atoms with Gasteiger partial charge in [-0.1, -0.05) is 41.4 Å². The average Bonchev–Trinajstić information content (AvgIpc) is 2.42. The summed E-state index contributed by atoms with van der Waals surface area (Å²) in [6, 6.07) is 11.9. The van der Waals surface area contributed by atoms with E-state index in [9.17, 15) is 0 Å². The van der Waals surface area contributed by atoms with Gasteiger partial charge in [0.1, 0.15) is 0 Å². The summed E-state index contributed by atoms with van der Waals surface area (Å²) in [6.07, 6.45) is 0. The van der Waals surface area contributed by atoms with Gasteiger partial charge >= 0.3 is 0 Å². The Hall–Kier alpha value is -1.38. The standard InChI is InChI=1S/C16H17Cl2NO/c1-3-20-16-13(17)8-12(9-14(16)18)10-19-15-7-5-4-6-11(15)2/h4-9,19H,3,10H2,1-2H3. The number of hydrogen-bond acceptors (Lipinski definition) is 2. The molecule has 0 bridgehead atoms. The molecule has 0 aliphatic carbocycles. The molecule has 1 N–H and O–H groups in total. The largest absolute Gasteiger partial charge is 0.491 e. The van der Waals surface area contributed by atoms with Crippen LogP contribution in [0.15, 0.2) is 36.4 Å². The van der Waals surface area contributed by atoms with E-state index >= 15 is 0 Å². The van der Waals surface area contributed by atoms with Gasteiger partial charge in [0.05, 0.1) is 16.7 Å².